The molecular formula is C23H22N6O2. The van der Waals surface area contributed by atoms with Crippen molar-refractivity contribution < 1.29 is 9.59 Å². The first-order chi connectivity index (χ1) is 15.1. The van der Waals surface area contributed by atoms with E-state index in [1.54, 1.807) is 18.3 Å². The maximum atomic E-state index is 11.4. The number of imidazole rings is 1. The van der Waals surface area contributed by atoms with Gasteiger partial charge in [-0.2, -0.15) is 0 Å². The Morgan fingerprint density at radius 1 is 1.00 bits per heavy atom. The fourth-order valence-electron chi connectivity index (χ4n) is 3.57. The minimum atomic E-state index is 0.181. The summed E-state index contributed by atoms with van der Waals surface area (Å²) in [6.07, 6.45) is 3.17. The van der Waals surface area contributed by atoms with Crippen molar-refractivity contribution in [2.45, 2.75) is 0 Å². The molecular weight excluding hydrogens is 392 g/mol. The molecule has 0 spiro atoms. The van der Waals surface area contributed by atoms with Crippen molar-refractivity contribution in [3.8, 4) is 0 Å². The SMILES string of the molecule is CN(c1ccc(N(CC=O)c2nc3ccccc3n2C)cc1)c1ncccc1NC=O. The zero-order valence-electron chi connectivity index (χ0n) is 17.3. The Morgan fingerprint density at radius 3 is 2.45 bits per heavy atom. The highest BCUT2D eigenvalue weighted by molar-refractivity contribution is 5.83. The molecule has 4 aromatic rings. The van der Waals surface area contributed by atoms with Crippen LogP contribution in [0.25, 0.3) is 11.0 Å². The summed E-state index contributed by atoms with van der Waals surface area (Å²) in [5.74, 6) is 1.32. The summed E-state index contributed by atoms with van der Waals surface area (Å²) >= 11 is 0. The Bertz CT molecular complexity index is 1220. The van der Waals surface area contributed by atoms with Gasteiger partial charge in [-0.15, -0.1) is 0 Å². The van der Waals surface area contributed by atoms with Crippen LogP contribution in [0.4, 0.5) is 28.8 Å². The van der Waals surface area contributed by atoms with Gasteiger partial charge in [0.2, 0.25) is 12.4 Å². The lowest BCUT2D eigenvalue weighted by Gasteiger charge is -2.24. The molecule has 0 unspecified atom stereocenters. The monoisotopic (exact) mass is 414 g/mol. The number of pyridine rings is 1. The number of aromatic nitrogens is 3. The molecule has 0 atom stereocenters. The Labute approximate surface area is 179 Å². The van der Waals surface area contributed by atoms with Crippen LogP contribution in [0.5, 0.6) is 0 Å². The Morgan fingerprint density at radius 2 is 1.74 bits per heavy atom. The number of nitrogens with zero attached hydrogens (tertiary/aromatic N) is 5. The van der Waals surface area contributed by atoms with Crippen LogP contribution in [0.15, 0.2) is 66.9 Å². The van der Waals surface area contributed by atoms with Gasteiger partial charge in [-0.3, -0.25) is 4.79 Å². The fraction of sp³-hybridized carbons (Fsp3) is 0.130. The van der Waals surface area contributed by atoms with Crippen molar-refractivity contribution in [1.29, 1.82) is 0 Å². The number of nitrogens with one attached hydrogen (secondary N) is 1. The van der Waals surface area contributed by atoms with Gasteiger partial charge in [0.05, 0.1) is 23.3 Å². The quantitative estimate of drug-likeness (QED) is 0.443. The standard InChI is InChI=1S/C23H22N6O2/c1-27(22-20(25-16-31)7-5-13-24-22)17-9-11-18(12-10-17)29(14-15-30)23-26-19-6-3-4-8-21(19)28(23)2/h3-13,15-16H,14H2,1-2H3,(H,25,31). The highest BCUT2D eigenvalue weighted by atomic mass is 16.1. The Kier molecular flexibility index (Phi) is 5.61. The van der Waals surface area contributed by atoms with E-state index in [-0.39, 0.29) is 6.54 Å². The molecule has 0 saturated heterocycles. The van der Waals surface area contributed by atoms with Crippen molar-refractivity contribution >= 4 is 52.6 Å². The number of benzene rings is 2. The molecule has 0 saturated carbocycles. The Hall–Kier alpha value is -4.20. The largest absolute Gasteiger partial charge is 0.328 e. The number of hydrogen-bond acceptors (Lipinski definition) is 6. The number of amides is 1. The number of para-hydroxylation sites is 2. The van der Waals surface area contributed by atoms with Gasteiger partial charge in [-0.25, -0.2) is 9.97 Å². The molecule has 0 aliphatic heterocycles. The zero-order chi connectivity index (χ0) is 21.8. The molecule has 2 aromatic carbocycles. The molecule has 4 rings (SSSR count). The summed E-state index contributed by atoms with van der Waals surface area (Å²) in [5.41, 5.74) is 4.21. The predicted molar refractivity (Wildman–Crippen MR) is 122 cm³/mol. The Balaban J connectivity index is 1.67. The van der Waals surface area contributed by atoms with E-state index in [0.29, 0.717) is 23.9 Å². The van der Waals surface area contributed by atoms with Crippen LogP contribution in [0, 0.1) is 0 Å². The highest BCUT2D eigenvalue weighted by Gasteiger charge is 2.17. The first kappa shape index (κ1) is 20.1. The van der Waals surface area contributed by atoms with E-state index < -0.39 is 0 Å². The van der Waals surface area contributed by atoms with Crippen LogP contribution in [0.3, 0.4) is 0 Å². The zero-order valence-corrected chi connectivity index (χ0v) is 17.3. The molecule has 0 fully saturated rings. The molecule has 0 bridgehead atoms. The second kappa shape index (κ2) is 8.66. The number of aryl methyl sites for hydroxylation is 1. The van der Waals surface area contributed by atoms with E-state index in [9.17, 15) is 9.59 Å². The van der Waals surface area contributed by atoms with Gasteiger partial charge >= 0.3 is 0 Å². The molecule has 156 valence electrons. The maximum Gasteiger partial charge on any atom is 0.211 e. The van der Waals surface area contributed by atoms with E-state index >= 15 is 0 Å². The molecule has 8 nitrogen and oxygen atoms in total. The van der Waals surface area contributed by atoms with Crippen molar-refractivity contribution in [2.75, 3.05) is 28.7 Å². The third-order valence-electron chi connectivity index (χ3n) is 5.13. The third kappa shape index (κ3) is 3.83. The van der Waals surface area contributed by atoms with Gasteiger partial charge in [-0.1, -0.05) is 12.1 Å². The van der Waals surface area contributed by atoms with E-state index in [0.717, 1.165) is 28.7 Å². The van der Waals surface area contributed by atoms with Gasteiger partial charge in [0.15, 0.2) is 5.82 Å². The molecule has 0 aliphatic carbocycles. The van der Waals surface area contributed by atoms with Crippen molar-refractivity contribution in [3.05, 3.63) is 66.9 Å². The van der Waals surface area contributed by atoms with Crippen molar-refractivity contribution in [2.24, 2.45) is 7.05 Å². The average molecular weight is 414 g/mol. The average Bonchev–Trinajstić information content (AvgIpc) is 3.14. The van der Waals surface area contributed by atoms with Crippen molar-refractivity contribution in [1.82, 2.24) is 14.5 Å². The van der Waals surface area contributed by atoms with Gasteiger partial charge in [0.1, 0.15) is 6.29 Å². The van der Waals surface area contributed by atoms with Gasteiger partial charge < -0.3 is 24.5 Å². The van der Waals surface area contributed by atoms with E-state index in [1.165, 1.54) is 0 Å². The molecule has 0 aliphatic rings. The summed E-state index contributed by atoms with van der Waals surface area (Å²) in [6.45, 7) is 0.181. The lowest BCUT2D eigenvalue weighted by Crippen LogP contribution is -2.22. The number of carbonyl (C=O) groups excluding carboxylic acids is 2. The van der Waals surface area contributed by atoms with Crippen LogP contribution < -0.4 is 15.1 Å². The summed E-state index contributed by atoms with van der Waals surface area (Å²) in [6, 6.07) is 19.2. The third-order valence-corrected chi connectivity index (χ3v) is 5.13. The first-order valence-corrected chi connectivity index (χ1v) is 9.75. The number of anilines is 5. The van der Waals surface area contributed by atoms with E-state index in [4.69, 9.17) is 4.98 Å². The second-order valence-corrected chi connectivity index (χ2v) is 6.95. The second-order valence-electron chi connectivity index (χ2n) is 6.95. The van der Waals surface area contributed by atoms with Crippen LogP contribution in [-0.4, -0.2) is 40.8 Å². The number of carbonyl (C=O) groups is 2. The van der Waals surface area contributed by atoms with Gasteiger partial charge in [0, 0.05) is 31.7 Å². The van der Waals surface area contributed by atoms with Crippen molar-refractivity contribution in [3.63, 3.8) is 0 Å². The summed E-state index contributed by atoms with van der Waals surface area (Å²) in [4.78, 5) is 35.2. The molecule has 2 aromatic heterocycles. The molecule has 2 heterocycles. The number of fused-ring (bicyclic) bond motifs is 1. The van der Waals surface area contributed by atoms with Crippen LogP contribution >= 0.6 is 0 Å². The fourth-order valence-corrected chi connectivity index (χ4v) is 3.57. The molecule has 1 N–H and O–H groups in total. The lowest BCUT2D eigenvalue weighted by molar-refractivity contribution is -0.107. The molecule has 8 heteroatoms. The van der Waals surface area contributed by atoms with Gasteiger partial charge in [0.25, 0.3) is 0 Å². The maximum absolute atomic E-state index is 11.4. The minimum absolute atomic E-state index is 0.181. The topological polar surface area (TPSA) is 83.4 Å². The number of aldehydes is 1. The van der Waals surface area contributed by atoms with E-state index in [1.807, 2.05) is 77.0 Å². The summed E-state index contributed by atoms with van der Waals surface area (Å²) in [7, 11) is 3.81. The van der Waals surface area contributed by atoms with Crippen LogP contribution in [-0.2, 0) is 16.6 Å². The normalized spacial score (nSPS) is 10.6. The molecule has 31 heavy (non-hydrogen) atoms. The molecule has 1 amide bonds. The lowest BCUT2D eigenvalue weighted by atomic mass is 10.2. The van der Waals surface area contributed by atoms with Gasteiger partial charge in [-0.05, 0) is 48.5 Å². The number of hydrogen-bond donors (Lipinski definition) is 1. The van der Waals surface area contributed by atoms with Crippen LogP contribution in [0.2, 0.25) is 0 Å². The smallest absolute Gasteiger partial charge is 0.211 e. The highest BCUT2D eigenvalue weighted by Crippen LogP contribution is 2.32. The number of rotatable bonds is 8. The summed E-state index contributed by atoms with van der Waals surface area (Å²) < 4.78 is 1.98. The first-order valence-electron chi connectivity index (χ1n) is 9.75. The summed E-state index contributed by atoms with van der Waals surface area (Å²) in [5, 5.41) is 2.67. The minimum Gasteiger partial charge on any atom is -0.328 e. The van der Waals surface area contributed by atoms with Crippen LogP contribution in [0.1, 0.15) is 0 Å². The predicted octanol–water partition coefficient (Wildman–Crippen LogP) is 3.64. The van der Waals surface area contributed by atoms with E-state index in [2.05, 4.69) is 10.3 Å². The molecule has 0 radical (unpaired) electrons.